The van der Waals surface area contributed by atoms with Crippen LogP contribution in [0.2, 0.25) is 0 Å². The monoisotopic (exact) mass is 409 g/mol. The largest absolute Gasteiger partial charge is 0.492 e. The lowest BCUT2D eigenvalue weighted by Crippen LogP contribution is -2.39. The van der Waals surface area contributed by atoms with E-state index in [4.69, 9.17) is 9.47 Å². The molecule has 0 saturated carbocycles. The number of ether oxygens (including phenoxy) is 2. The van der Waals surface area contributed by atoms with E-state index < -0.39 is 6.10 Å². The highest BCUT2D eigenvalue weighted by Gasteiger charge is 2.19. The van der Waals surface area contributed by atoms with Crippen LogP contribution in [0, 0.1) is 0 Å². The summed E-state index contributed by atoms with van der Waals surface area (Å²) in [6.07, 6.45) is 4.87. The molecule has 0 aromatic heterocycles. The molecule has 0 heterocycles. The maximum atomic E-state index is 12.5. The maximum Gasteiger partial charge on any atom is 0.261 e. The molecule has 2 aromatic carbocycles. The van der Waals surface area contributed by atoms with Crippen molar-refractivity contribution in [3.05, 3.63) is 59.2 Å². The Morgan fingerprint density at radius 2 is 1.67 bits per heavy atom. The molecule has 0 spiro atoms. The van der Waals surface area contributed by atoms with Crippen LogP contribution < -0.4 is 14.8 Å². The molecule has 4 nitrogen and oxygen atoms in total. The fraction of sp³-hybridized carbons (Fsp3) is 0.500. The molecule has 0 saturated heterocycles. The summed E-state index contributed by atoms with van der Waals surface area (Å²) in [7, 11) is 0. The van der Waals surface area contributed by atoms with Gasteiger partial charge in [-0.3, -0.25) is 4.79 Å². The number of rotatable bonds is 8. The second-order valence-electron chi connectivity index (χ2n) is 9.07. The molecule has 1 aliphatic rings. The first kappa shape index (κ1) is 22.2. The molecule has 0 radical (unpaired) electrons. The minimum Gasteiger partial charge on any atom is -0.492 e. The average molecular weight is 410 g/mol. The summed E-state index contributed by atoms with van der Waals surface area (Å²) in [5, 5.41) is 2.93. The lowest BCUT2D eigenvalue weighted by molar-refractivity contribution is -0.128. The number of benzene rings is 2. The highest BCUT2D eigenvalue weighted by molar-refractivity contribution is 5.81. The van der Waals surface area contributed by atoms with E-state index in [-0.39, 0.29) is 11.3 Å². The van der Waals surface area contributed by atoms with Gasteiger partial charge in [0, 0.05) is 0 Å². The quantitative estimate of drug-likeness (QED) is 0.609. The normalized spacial score (nSPS) is 14.5. The zero-order chi connectivity index (χ0) is 21.6. The van der Waals surface area contributed by atoms with Gasteiger partial charge in [-0.2, -0.15) is 0 Å². The standard InChI is InChI=1S/C26H35NO3/c1-5-24(30-23-13-10-19-8-6-7-9-20(19)18-23)25(28)27-16-17-29-22-14-11-21(12-15-22)26(2,3)4/h10-15,18,24H,5-9,16-17H2,1-4H3,(H,27,28)/t24-/m0/s1. The smallest absolute Gasteiger partial charge is 0.261 e. The van der Waals surface area contributed by atoms with Crippen LogP contribution in [0.5, 0.6) is 11.5 Å². The third-order valence-corrected chi connectivity index (χ3v) is 5.65. The lowest BCUT2D eigenvalue weighted by atomic mass is 9.87. The highest BCUT2D eigenvalue weighted by Crippen LogP contribution is 2.26. The van der Waals surface area contributed by atoms with Gasteiger partial charge in [0.2, 0.25) is 0 Å². The first-order chi connectivity index (χ1) is 14.4. The molecular formula is C26H35NO3. The molecule has 1 amide bonds. The molecule has 2 aromatic rings. The van der Waals surface area contributed by atoms with Gasteiger partial charge < -0.3 is 14.8 Å². The van der Waals surface area contributed by atoms with Gasteiger partial charge in [0.1, 0.15) is 18.1 Å². The van der Waals surface area contributed by atoms with Gasteiger partial charge in [0.05, 0.1) is 6.54 Å². The molecule has 4 heteroatoms. The number of hydrogen-bond donors (Lipinski definition) is 1. The van der Waals surface area contributed by atoms with Crippen LogP contribution >= 0.6 is 0 Å². The minimum absolute atomic E-state index is 0.0955. The summed E-state index contributed by atoms with van der Waals surface area (Å²) in [5.74, 6) is 1.50. The average Bonchev–Trinajstić information content (AvgIpc) is 2.74. The van der Waals surface area contributed by atoms with Crippen molar-refractivity contribution in [2.75, 3.05) is 13.2 Å². The van der Waals surface area contributed by atoms with Crippen LogP contribution in [0.3, 0.4) is 0 Å². The van der Waals surface area contributed by atoms with Crippen LogP contribution in [-0.4, -0.2) is 25.2 Å². The zero-order valence-corrected chi connectivity index (χ0v) is 18.8. The van der Waals surface area contributed by atoms with Crippen molar-refractivity contribution in [3.8, 4) is 11.5 Å². The van der Waals surface area contributed by atoms with Gasteiger partial charge in [0.25, 0.3) is 5.91 Å². The molecule has 0 fully saturated rings. The fourth-order valence-electron chi connectivity index (χ4n) is 3.78. The lowest BCUT2D eigenvalue weighted by Gasteiger charge is -2.20. The Labute approximate surface area is 181 Å². The second kappa shape index (κ2) is 10.0. The van der Waals surface area contributed by atoms with Crippen LogP contribution in [-0.2, 0) is 23.1 Å². The van der Waals surface area contributed by atoms with E-state index in [1.165, 1.54) is 29.5 Å². The van der Waals surface area contributed by atoms with Crippen molar-refractivity contribution in [3.63, 3.8) is 0 Å². The highest BCUT2D eigenvalue weighted by atomic mass is 16.5. The molecule has 30 heavy (non-hydrogen) atoms. The Morgan fingerprint density at radius 1 is 1.00 bits per heavy atom. The molecule has 3 rings (SSSR count). The van der Waals surface area contributed by atoms with Crippen LogP contribution in [0.25, 0.3) is 0 Å². The summed E-state index contributed by atoms with van der Waals surface area (Å²) in [5.41, 5.74) is 4.17. The topological polar surface area (TPSA) is 47.6 Å². The van der Waals surface area contributed by atoms with Crippen molar-refractivity contribution < 1.29 is 14.3 Å². The number of carbonyl (C=O) groups excluding carboxylic acids is 1. The van der Waals surface area contributed by atoms with E-state index in [9.17, 15) is 4.79 Å². The van der Waals surface area contributed by atoms with Crippen LogP contribution in [0.15, 0.2) is 42.5 Å². The Bertz CT molecular complexity index is 836. The predicted molar refractivity (Wildman–Crippen MR) is 121 cm³/mol. The summed E-state index contributed by atoms with van der Waals surface area (Å²) in [6.45, 7) is 9.41. The number of nitrogens with one attached hydrogen (secondary N) is 1. The van der Waals surface area contributed by atoms with E-state index in [2.05, 4.69) is 50.4 Å². The molecule has 1 atom stereocenters. The maximum absolute atomic E-state index is 12.5. The number of fused-ring (bicyclic) bond motifs is 1. The van der Waals surface area contributed by atoms with Gasteiger partial charge in [-0.15, -0.1) is 0 Å². The van der Waals surface area contributed by atoms with Crippen molar-refractivity contribution in [1.29, 1.82) is 0 Å². The fourth-order valence-corrected chi connectivity index (χ4v) is 3.78. The first-order valence-corrected chi connectivity index (χ1v) is 11.2. The van der Waals surface area contributed by atoms with Gasteiger partial charge in [-0.05, 0) is 78.5 Å². The van der Waals surface area contributed by atoms with Gasteiger partial charge in [-0.1, -0.05) is 45.9 Å². The molecule has 0 bridgehead atoms. The SMILES string of the molecule is CC[C@H](Oc1ccc2c(c1)CCCC2)C(=O)NCCOc1ccc(C(C)(C)C)cc1. The molecule has 1 aliphatic carbocycles. The van der Waals surface area contributed by atoms with Gasteiger partial charge >= 0.3 is 0 Å². The molecule has 0 unspecified atom stereocenters. The number of carbonyl (C=O) groups is 1. The van der Waals surface area contributed by atoms with Crippen molar-refractivity contribution >= 4 is 5.91 Å². The predicted octanol–water partition coefficient (Wildman–Crippen LogP) is 5.22. The third kappa shape index (κ3) is 6.01. The van der Waals surface area contributed by atoms with Crippen molar-refractivity contribution in [1.82, 2.24) is 5.32 Å². The summed E-state index contributed by atoms with van der Waals surface area (Å²) in [4.78, 5) is 12.5. The zero-order valence-electron chi connectivity index (χ0n) is 18.8. The molecule has 1 N–H and O–H groups in total. The van der Waals surface area contributed by atoms with E-state index in [0.29, 0.717) is 19.6 Å². The minimum atomic E-state index is -0.488. The summed E-state index contributed by atoms with van der Waals surface area (Å²) < 4.78 is 11.8. The van der Waals surface area contributed by atoms with Crippen molar-refractivity contribution in [2.24, 2.45) is 0 Å². The number of hydrogen-bond acceptors (Lipinski definition) is 3. The number of aryl methyl sites for hydroxylation is 2. The van der Waals surface area contributed by atoms with E-state index in [1.807, 2.05) is 25.1 Å². The van der Waals surface area contributed by atoms with Crippen molar-refractivity contribution in [2.45, 2.75) is 71.3 Å². The van der Waals surface area contributed by atoms with E-state index in [1.54, 1.807) is 0 Å². The van der Waals surface area contributed by atoms with Crippen LogP contribution in [0.4, 0.5) is 0 Å². The third-order valence-electron chi connectivity index (χ3n) is 5.65. The Morgan fingerprint density at radius 3 is 2.33 bits per heavy atom. The van der Waals surface area contributed by atoms with Gasteiger partial charge in [0.15, 0.2) is 6.10 Å². The summed E-state index contributed by atoms with van der Waals surface area (Å²) >= 11 is 0. The number of amides is 1. The molecule has 162 valence electrons. The van der Waals surface area contributed by atoms with Crippen LogP contribution in [0.1, 0.15) is 63.6 Å². The van der Waals surface area contributed by atoms with E-state index >= 15 is 0 Å². The summed E-state index contributed by atoms with van der Waals surface area (Å²) in [6, 6.07) is 14.4. The molecule has 0 aliphatic heterocycles. The Balaban J connectivity index is 1.45. The molecular weight excluding hydrogens is 374 g/mol. The Hall–Kier alpha value is -2.49. The van der Waals surface area contributed by atoms with Gasteiger partial charge in [-0.25, -0.2) is 0 Å². The van der Waals surface area contributed by atoms with E-state index in [0.717, 1.165) is 24.3 Å². The second-order valence-corrected chi connectivity index (χ2v) is 9.07. The first-order valence-electron chi connectivity index (χ1n) is 11.2. The Kier molecular flexibility index (Phi) is 7.41.